The largest absolute Gasteiger partial charge is 0.504 e. The molecule has 3 rings (SSSR count). The summed E-state index contributed by atoms with van der Waals surface area (Å²) in [5, 5.41) is 24.6. The Kier molecular flexibility index (Phi) is 5.31. The fourth-order valence-electron chi connectivity index (χ4n) is 2.66. The van der Waals surface area contributed by atoms with Gasteiger partial charge >= 0.3 is 5.97 Å². The standard InChI is InChI=1S/C19H14Cl2N2O5/c1-9-12(5-10-6-17(28-2)16(24)8-15(10)21)18(25)23(22-9)11-3-4-14(20)13(7-11)19(26)27/h3-8,24H,1-2H3,(H,26,27)/b12-5+. The normalized spacial score (nSPS) is 15.1. The third-order valence-corrected chi connectivity index (χ3v) is 4.74. The first-order valence-corrected chi connectivity index (χ1v) is 8.69. The van der Waals surface area contributed by atoms with Crippen LogP contribution in [0.5, 0.6) is 11.5 Å². The number of rotatable bonds is 4. The van der Waals surface area contributed by atoms with E-state index in [9.17, 15) is 19.8 Å². The highest BCUT2D eigenvalue weighted by Crippen LogP contribution is 2.35. The van der Waals surface area contributed by atoms with Crippen molar-refractivity contribution in [3.63, 3.8) is 0 Å². The fourth-order valence-corrected chi connectivity index (χ4v) is 3.07. The van der Waals surface area contributed by atoms with Gasteiger partial charge in [-0.1, -0.05) is 23.2 Å². The Morgan fingerprint density at radius 3 is 2.57 bits per heavy atom. The quantitative estimate of drug-likeness (QED) is 0.721. The predicted octanol–water partition coefficient (Wildman–Crippen LogP) is 4.21. The van der Waals surface area contributed by atoms with Gasteiger partial charge in [-0.15, -0.1) is 0 Å². The summed E-state index contributed by atoms with van der Waals surface area (Å²) in [6.45, 7) is 1.64. The van der Waals surface area contributed by atoms with Crippen molar-refractivity contribution in [2.75, 3.05) is 12.1 Å². The number of hydrazone groups is 1. The van der Waals surface area contributed by atoms with Crippen molar-refractivity contribution in [3.8, 4) is 11.5 Å². The molecule has 2 aromatic carbocycles. The first kappa shape index (κ1) is 19.7. The number of hydrogen-bond donors (Lipinski definition) is 2. The number of anilines is 1. The molecule has 0 radical (unpaired) electrons. The average Bonchev–Trinajstić information content (AvgIpc) is 2.92. The summed E-state index contributed by atoms with van der Waals surface area (Å²) >= 11 is 12.0. The summed E-state index contributed by atoms with van der Waals surface area (Å²) in [6.07, 6.45) is 1.53. The van der Waals surface area contributed by atoms with Gasteiger partial charge in [-0.3, -0.25) is 4.79 Å². The van der Waals surface area contributed by atoms with E-state index in [2.05, 4.69) is 5.10 Å². The molecule has 0 unspecified atom stereocenters. The van der Waals surface area contributed by atoms with Gasteiger partial charge in [0.05, 0.1) is 39.7 Å². The van der Waals surface area contributed by atoms with Crippen LogP contribution in [0, 0.1) is 0 Å². The van der Waals surface area contributed by atoms with Gasteiger partial charge in [0.15, 0.2) is 11.5 Å². The van der Waals surface area contributed by atoms with E-state index >= 15 is 0 Å². The summed E-state index contributed by atoms with van der Waals surface area (Å²) in [5.41, 5.74) is 1.27. The number of ether oxygens (including phenoxy) is 1. The van der Waals surface area contributed by atoms with Gasteiger partial charge in [0.25, 0.3) is 5.91 Å². The molecule has 9 heteroatoms. The van der Waals surface area contributed by atoms with Crippen molar-refractivity contribution in [1.82, 2.24) is 0 Å². The van der Waals surface area contributed by atoms with Crippen LogP contribution >= 0.6 is 23.2 Å². The van der Waals surface area contributed by atoms with Crippen molar-refractivity contribution in [1.29, 1.82) is 0 Å². The zero-order chi connectivity index (χ0) is 20.6. The molecular weight excluding hydrogens is 407 g/mol. The van der Waals surface area contributed by atoms with E-state index in [1.807, 2.05) is 0 Å². The molecule has 2 N–H and O–H groups in total. The number of halogens is 2. The molecule has 0 aliphatic carbocycles. The minimum atomic E-state index is -1.21. The molecule has 0 aromatic heterocycles. The lowest BCUT2D eigenvalue weighted by Gasteiger charge is -2.13. The smallest absolute Gasteiger partial charge is 0.337 e. The first-order valence-electron chi connectivity index (χ1n) is 7.94. The first-order chi connectivity index (χ1) is 13.2. The average molecular weight is 421 g/mol. The minimum Gasteiger partial charge on any atom is -0.504 e. The van der Waals surface area contributed by atoms with Crippen molar-refractivity contribution in [2.45, 2.75) is 6.92 Å². The van der Waals surface area contributed by atoms with Crippen molar-refractivity contribution >= 4 is 52.6 Å². The molecule has 144 valence electrons. The van der Waals surface area contributed by atoms with Gasteiger partial charge in [0.2, 0.25) is 0 Å². The molecule has 28 heavy (non-hydrogen) atoms. The number of hydrogen-bond acceptors (Lipinski definition) is 5. The highest BCUT2D eigenvalue weighted by Gasteiger charge is 2.30. The second kappa shape index (κ2) is 7.53. The molecule has 0 fully saturated rings. The van der Waals surface area contributed by atoms with E-state index in [1.54, 1.807) is 6.92 Å². The maximum Gasteiger partial charge on any atom is 0.337 e. The zero-order valence-corrected chi connectivity index (χ0v) is 16.2. The van der Waals surface area contributed by atoms with Crippen LogP contribution in [0.25, 0.3) is 6.08 Å². The van der Waals surface area contributed by atoms with E-state index < -0.39 is 11.9 Å². The number of phenolic OH excluding ortho intramolecular Hbond substituents is 1. The van der Waals surface area contributed by atoms with Gasteiger partial charge in [-0.25, -0.2) is 4.79 Å². The van der Waals surface area contributed by atoms with E-state index in [4.69, 9.17) is 27.9 Å². The summed E-state index contributed by atoms with van der Waals surface area (Å²) in [6, 6.07) is 6.98. The number of phenols is 1. The molecule has 0 spiro atoms. The van der Waals surface area contributed by atoms with Crippen LogP contribution in [0.3, 0.4) is 0 Å². The molecule has 0 saturated heterocycles. The Morgan fingerprint density at radius 2 is 1.93 bits per heavy atom. The number of nitrogens with zero attached hydrogens (tertiary/aromatic N) is 2. The predicted molar refractivity (Wildman–Crippen MR) is 107 cm³/mol. The number of aromatic carboxylic acids is 1. The van der Waals surface area contributed by atoms with Gasteiger partial charge in [-0.05, 0) is 42.8 Å². The van der Waals surface area contributed by atoms with Crippen LogP contribution in [0.1, 0.15) is 22.8 Å². The van der Waals surface area contributed by atoms with E-state index in [0.717, 1.165) is 5.01 Å². The van der Waals surface area contributed by atoms with Crippen LogP contribution in [0.15, 0.2) is 41.0 Å². The monoisotopic (exact) mass is 420 g/mol. The SMILES string of the molecule is COc1cc(/C=C2/C(=O)N(c3ccc(Cl)c(C(=O)O)c3)N=C2C)c(Cl)cc1O. The molecule has 1 amide bonds. The van der Waals surface area contributed by atoms with E-state index in [-0.39, 0.29) is 38.4 Å². The molecule has 7 nitrogen and oxygen atoms in total. The van der Waals surface area contributed by atoms with Gasteiger partial charge in [-0.2, -0.15) is 10.1 Å². The molecular formula is C19H14Cl2N2O5. The zero-order valence-electron chi connectivity index (χ0n) is 14.7. The van der Waals surface area contributed by atoms with E-state index in [1.165, 1.54) is 43.5 Å². The summed E-state index contributed by atoms with van der Waals surface area (Å²) < 4.78 is 5.06. The third-order valence-electron chi connectivity index (χ3n) is 4.09. The lowest BCUT2D eigenvalue weighted by atomic mass is 10.1. The topological polar surface area (TPSA) is 99.4 Å². The highest BCUT2D eigenvalue weighted by atomic mass is 35.5. The number of benzene rings is 2. The molecule has 0 saturated carbocycles. The Balaban J connectivity index is 2.01. The second-order valence-electron chi connectivity index (χ2n) is 5.88. The Morgan fingerprint density at radius 1 is 1.21 bits per heavy atom. The molecule has 1 heterocycles. The molecule has 0 atom stereocenters. The van der Waals surface area contributed by atoms with E-state index in [0.29, 0.717) is 11.3 Å². The minimum absolute atomic E-state index is 0.0577. The summed E-state index contributed by atoms with van der Waals surface area (Å²) in [4.78, 5) is 24.1. The van der Waals surface area contributed by atoms with Crippen molar-refractivity contribution < 1.29 is 24.5 Å². The molecule has 1 aliphatic rings. The van der Waals surface area contributed by atoms with Crippen molar-refractivity contribution in [2.24, 2.45) is 5.10 Å². The highest BCUT2D eigenvalue weighted by molar-refractivity contribution is 6.35. The van der Waals surface area contributed by atoms with Crippen LogP contribution < -0.4 is 9.75 Å². The van der Waals surface area contributed by atoms with Gasteiger partial charge in [0.1, 0.15) is 0 Å². The fraction of sp³-hybridized carbons (Fsp3) is 0.105. The number of carboxylic acids is 1. The lowest BCUT2D eigenvalue weighted by Crippen LogP contribution is -2.21. The van der Waals surface area contributed by atoms with Crippen LogP contribution in [0.2, 0.25) is 10.0 Å². The summed E-state index contributed by atoms with van der Waals surface area (Å²) in [7, 11) is 1.40. The number of aromatic hydroxyl groups is 1. The maximum absolute atomic E-state index is 12.9. The number of carboxylic acid groups (broad SMARTS) is 1. The number of methoxy groups -OCH3 is 1. The number of carbonyl (C=O) groups is 2. The maximum atomic E-state index is 12.9. The number of amides is 1. The Labute approximate surface area is 170 Å². The molecule has 1 aliphatic heterocycles. The third kappa shape index (κ3) is 3.54. The van der Waals surface area contributed by atoms with Gasteiger partial charge < -0.3 is 14.9 Å². The Bertz CT molecular complexity index is 1060. The lowest BCUT2D eigenvalue weighted by molar-refractivity contribution is -0.114. The summed E-state index contributed by atoms with van der Waals surface area (Å²) in [5.74, 6) is -1.59. The number of carbonyl (C=O) groups excluding carboxylic acids is 1. The van der Waals surface area contributed by atoms with Crippen LogP contribution in [0.4, 0.5) is 5.69 Å². The van der Waals surface area contributed by atoms with Crippen molar-refractivity contribution in [3.05, 3.63) is 57.1 Å². The van der Waals surface area contributed by atoms with Gasteiger partial charge in [0, 0.05) is 6.07 Å². The van der Waals surface area contributed by atoms with Crippen LogP contribution in [-0.2, 0) is 4.79 Å². The van der Waals surface area contributed by atoms with Crippen LogP contribution in [-0.4, -0.2) is 34.9 Å². The Hall–Kier alpha value is -3.03. The molecule has 0 bridgehead atoms. The second-order valence-corrected chi connectivity index (χ2v) is 6.69. The molecule has 2 aromatic rings.